The normalized spacial score (nSPS) is 22.8. The third-order valence-electron chi connectivity index (χ3n) is 7.78. The molecule has 0 saturated heterocycles. The van der Waals surface area contributed by atoms with E-state index in [9.17, 15) is 9.59 Å². The fourth-order valence-corrected chi connectivity index (χ4v) is 6.77. The summed E-state index contributed by atoms with van der Waals surface area (Å²) in [6, 6.07) is 15.2. The molecule has 2 fully saturated rings. The van der Waals surface area contributed by atoms with E-state index in [0.717, 1.165) is 23.1 Å². The van der Waals surface area contributed by atoms with Crippen molar-refractivity contribution in [3.63, 3.8) is 0 Å². The highest BCUT2D eigenvalue weighted by molar-refractivity contribution is 8.00. The molecule has 3 aromatic rings. The van der Waals surface area contributed by atoms with E-state index in [1.54, 1.807) is 17.7 Å². The van der Waals surface area contributed by atoms with Gasteiger partial charge in [0.1, 0.15) is 5.75 Å². The Bertz CT molecular complexity index is 1270. The van der Waals surface area contributed by atoms with Gasteiger partial charge in [-0.15, -0.1) is 0 Å². The minimum atomic E-state index is -0.369. The number of hydrogen-bond donors (Lipinski definition) is 1. The van der Waals surface area contributed by atoms with Crippen LogP contribution in [0.2, 0.25) is 0 Å². The van der Waals surface area contributed by atoms with Gasteiger partial charge in [0.2, 0.25) is 5.91 Å². The third kappa shape index (κ3) is 4.96. The molecule has 1 aromatic heterocycles. The fourth-order valence-electron chi connectivity index (χ4n) is 5.86. The van der Waals surface area contributed by atoms with Crippen molar-refractivity contribution in [3.05, 3.63) is 64.4 Å². The van der Waals surface area contributed by atoms with E-state index in [1.165, 1.54) is 37.4 Å². The highest BCUT2D eigenvalue weighted by Gasteiger charge is 2.42. The summed E-state index contributed by atoms with van der Waals surface area (Å²) in [6.07, 6.45) is 5.22. The van der Waals surface area contributed by atoms with Gasteiger partial charge in [0, 0.05) is 6.04 Å². The molecular formula is C28H33N3O3S. The highest BCUT2D eigenvalue weighted by Crippen LogP contribution is 2.49. The number of thioether (sulfide) groups is 1. The summed E-state index contributed by atoms with van der Waals surface area (Å²) in [6.45, 7) is 4.42. The van der Waals surface area contributed by atoms with Gasteiger partial charge in [-0.25, -0.2) is 4.98 Å². The Balaban J connectivity index is 1.37. The maximum atomic E-state index is 13.4. The van der Waals surface area contributed by atoms with Gasteiger partial charge in [0.05, 0.1) is 29.8 Å². The Morgan fingerprint density at radius 2 is 1.91 bits per heavy atom. The van der Waals surface area contributed by atoms with Crippen LogP contribution in [0, 0.1) is 17.8 Å². The second-order valence-corrected chi connectivity index (χ2v) is 11.4. The molecule has 0 spiro atoms. The minimum absolute atomic E-state index is 0.00341. The number of nitrogens with one attached hydrogen (secondary N) is 1. The Morgan fingerprint density at radius 1 is 1.14 bits per heavy atom. The summed E-state index contributed by atoms with van der Waals surface area (Å²) in [5, 5.41) is 4.03. The molecule has 1 N–H and O–H groups in total. The summed E-state index contributed by atoms with van der Waals surface area (Å²) >= 11 is 1.35. The van der Waals surface area contributed by atoms with E-state index in [4.69, 9.17) is 9.72 Å². The number of methoxy groups -OCH3 is 1. The van der Waals surface area contributed by atoms with E-state index >= 15 is 0 Å². The zero-order valence-corrected chi connectivity index (χ0v) is 21.4. The number of hydrogen-bond acceptors (Lipinski definition) is 5. The molecule has 0 radical (unpaired) electrons. The van der Waals surface area contributed by atoms with Crippen LogP contribution in [0.25, 0.3) is 10.9 Å². The molecule has 5 unspecified atom stereocenters. The van der Waals surface area contributed by atoms with Crippen LogP contribution in [0.15, 0.2) is 58.5 Å². The van der Waals surface area contributed by atoms with Crippen LogP contribution < -0.4 is 15.6 Å². The maximum Gasteiger partial charge on any atom is 0.262 e. The van der Waals surface area contributed by atoms with E-state index in [2.05, 4.69) is 12.2 Å². The number of nitrogens with zero attached hydrogens (tertiary/aromatic N) is 2. The quantitative estimate of drug-likeness (QED) is 0.359. The van der Waals surface area contributed by atoms with Gasteiger partial charge < -0.3 is 10.1 Å². The van der Waals surface area contributed by atoms with Gasteiger partial charge in [0.15, 0.2) is 5.16 Å². The molecule has 2 saturated carbocycles. The van der Waals surface area contributed by atoms with Crippen molar-refractivity contribution >= 4 is 28.6 Å². The zero-order chi connectivity index (χ0) is 24.5. The van der Waals surface area contributed by atoms with Crippen molar-refractivity contribution in [1.29, 1.82) is 0 Å². The summed E-state index contributed by atoms with van der Waals surface area (Å²) < 4.78 is 6.94. The first-order chi connectivity index (χ1) is 16.9. The molecule has 7 heteroatoms. The van der Waals surface area contributed by atoms with Gasteiger partial charge in [0.25, 0.3) is 5.56 Å². The molecule has 5 rings (SSSR count). The van der Waals surface area contributed by atoms with E-state index in [1.807, 2.05) is 49.4 Å². The van der Waals surface area contributed by atoms with Crippen molar-refractivity contribution in [2.24, 2.45) is 17.8 Å². The van der Waals surface area contributed by atoms with Gasteiger partial charge in [-0.05, 0) is 80.7 Å². The Morgan fingerprint density at radius 3 is 2.60 bits per heavy atom. The summed E-state index contributed by atoms with van der Waals surface area (Å²) in [4.78, 5) is 31.4. The average Bonchev–Trinajstić information content (AvgIpc) is 3.51. The number of fused-ring (bicyclic) bond motifs is 3. The van der Waals surface area contributed by atoms with Crippen molar-refractivity contribution in [2.45, 2.75) is 62.5 Å². The maximum absolute atomic E-state index is 13.4. The lowest BCUT2D eigenvalue weighted by molar-refractivity contribution is -0.121. The number of aromatic nitrogens is 2. The van der Waals surface area contributed by atoms with Crippen molar-refractivity contribution in [2.75, 3.05) is 7.11 Å². The molecular weight excluding hydrogens is 458 g/mol. The van der Waals surface area contributed by atoms with Crippen LogP contribution in [-0.2, 0) is 11.3 Å². The number of benzene rings is 2. The predicted molar refractivity (Wildman–Crippen MR) is 140 cm³/mol. The molecule has 2 aliphatic carbocycles. The molecule has 5 atom stereocenters. The van der Waals surface area contributed by atoms with E-state index < -0.39 is 0 Å². The van der Waals surface area contributed by atoms with Gasteiger partial charge in [-0.2, -0.15) is 0 Å². The number of carbonyl (C=O) groups excluding carboxylic acids is 1. The standard InChI is InChI=1S/C28H33N3O3S/c1-17(24-15-20-8-11-21(24)14-20)29-26(32)18(2)35-28-30-25-7-5-4-6-23(25)27(33)31(28)16-19-9-12-22(34-3)13-10-19/h4-7,9-10,12-13,17-18,20-21,24H,8,11,14-16H2,1-3H3,(H,29,32). The first kappa shape index (κ1) is 23.9. The first-order valence-electron chi connectivity index (χ1n) is 12.5. The molecule has 1 amide bonds. The lowest BCUT2D eigenvalue weighted by atomic mass is 9.84. The minimum Gasteiger partial charge on any atom is -0.497 e. The average molecular weight is 492 g/mol. The second-order valence-electron chi connectivity index (χ2n) is 10.0. The monoisotopic (exact) mass is 491 g/mol. The molecule has 6 nitrogen and oxygen atoms in total. The third-order valence-corrected chi connectivity index (χ3v) is 8.87. The number of para-hydroxylation sites is 1. The van der Waals surface area contributed by atoms with Gasteiger partial charge in [-0.3, -0.25) is 14.2 Å². The molecule has 0 aliphatic heterocycles. The predicted octanol–water partition coefficient (Wildman–Crippen LogP) is 4.87. The van der Waals surface area contributed by atoms with Crippen LogP contribution in [0.4, 0.5) is 0 Å². The SMILES string of the molecule is COc1ccc(Cn2c(SC(C)C(=O)NC(C)C3CC4CCC3C4)nc3ccccc3c2=O)cc1. The summed E-state index contributed by atoms with van der Waals surface area (Å²) in [7, 11) is 1.63. The smallest absolute Gasteiger partial charge is 0.262 e. The van der Waals surface area contributed by atoms with Gasteiger partial charge in [-0.1, -0.05) is 42.4 Å². The molecule has 2 aliphatic rings. The zero-order valence-electron chi connectivity index (χ0n) is 20.6. The molecule has 2 bridgehead atoms. The van der Waals surface area contributed by atoms with Crippen molar-refractivity contribution < 1.29 is 9.53 Å². The fraction of sp³-hybridized carbons (Fsp3) is 0.464. The van der Waals surface area contributed by atoms with Crippen LogP contribution in [0.1, 0.15) is 45.1 Å². The lowest BCUT2D eigenvalue weighted by Gasteiger charge is -2.29. The van der Waals surface area contributed by atoms with Crippen molar-refractivity contribution in [1.82, 2.24) is 14.9 Å². The van der Waals surface area contributed by atoms with E-state index in [0.29, 0.717) is 28.5 Å². The molecule has 1 heterocycles. The Hall–Kier alpha value is -2.80. The van der Waals surface area contributed by atoms with Gasteiger partial charge >= 0.3 is 0 Å². The van der Waals surface area contributed by atoms with Crippen LogP contribution in [0.5, 0.6) is 5.75 Å². The second kappa shape index (κ2) is 10.1. The molecule has 184 valence electrons. The lowest BCUT2D eigenvalue weighted by Crippen LogP contribution is -2.43. The number of carbonyl (C=O) groups is 1. The Kier molecular flexibility index (Phi) is 6.87. The van der Waals surface area contributed by atoms with Crippen LogP contribution >= 0.6 is 11.8 Å². The summed E-state index contributed by atoms with van der Waals surface area (Å²) in [5.41, 5.74) is 1.51. The summed E-state index contributed by atoms with van der Waals surface area (Å²) in [5.74, 6) is 2.97. The van der Waals surface area contributed by atoms with E-state index in [-0.39, 0.29) is 22.8 Å². The van der Waals surface area contributed by atoms with Crippen molar-refractivity contribution in [3.8, 4) is 5.75 Å². The number of ether oxygens (including phenoxy) is 1. The Labute approximate surface area is 210 Å². The topological polar surface area (TPSA) is 73.2 Å². The van der Waals surface area contributed by atoms with Crippen LogP contribution in [0.3, 0.4) is 0 Å². The number of rotatable bonds is 8. The largest absolute Gasteiger partial charge is 0.497 e. The van der Waals surface area contributed by atoms with Crippen LogP contribution in [-0.4, -0.2) is 33.9 Å². The highest BCUT2D eigenvalue weighted by atomic mass is 32.2. The molecule has 2 aromatic carbocycles. The number of amides is 1. The molecule has 35 heavy (non-hydrogen) atoms. The first-order valence-corrected chi connectivity index (χ1v) is 13.4.